The number of pyridine rings is 2. The average Bonchev–Trinajstić information content (AvgIpc) is 3.19. The Labute approximate surface area is 324 Å². The SMILES string of the molecule is COc1cc(-c2cnc(N)c(-c3ccc(NC(=O)c4cn(CC5CCOCC5)cc(-c5ccc(Br)cc5F)c4=O)cc3F)c2)ccc1OCC1COCCO1. The van der Waals surface area contributed by atoms with Crippen molar-refractivity contribution in [3.05, 3.63) is 111 Å². The molecule has 0 aliphatic carbocycles. The third kappa shape index (κ3) is 8.89. The van der Waals surface area contributed by atoms with Crippen LogP contribution in [0, 0.1) is 17.6 Å². The fourth-order valence-electron chi connectivity index (χ4n) is 6.67. The second kappa shape index (κ2) is 17.1. The summed E-state index contributed by atoms with van der Waals surface area (Å²) in [5.74, 6) is -0.695. The Morgan fingerprint density at radius 1 is 0.909 bits per heavy atom. The number of nitrogens with zero attached hydrogens (tertiary/aromatic N) is 2. The molecule has 1 amide bonds. The van der Waals surface area contributed by atoms with E-state index in [0.717, 1.165) is 24.5 Å². The first-order valence-corrected chi connectivity index (χ1v) is 18.6. The maximum Gasteiger partial charge on any atom is 0.261 e. The molecule has 1 unspecified atom stereocenters. The fourth-order valence-corrected chi connectivity index (χ4v) is 7.00. The molecule has 286 valence electrons. The molecule has 11 nitrogen and oxygen atoms in total. The summed E-state index contributed by atoms with van der Waals surface area (Å²) < 4.78 is 61.4. The predicted molar refractivity (Wildman–Crippen MR) is 207 cm³/mol. The molecule has 2 aromatic heterocycles. The van der Waals surface area contributed by atoms with Gasteiger partial charge >= 0.3 is 0 Å². The molecule has 5 aromatic rings. The molecule has 2 aliphatic rings. The van der Waals surface area contributed by atoms with Crippen LogP contribution in [0.1, 0.15) is 23.2 Å². The number of carbonyl (C=O) groups excluding carboxylic acids is 1. The Hall–Kier alpha value is -5.15. The highest BCUT2D eigenvalue weighted by Gasteiger charge is 2.22. The number of methoxy groups -OCH3 is 1. The Bertz CT molecular complexity index is 2260. The van der Waals surface area contributed by atoms with Gasteiger partial charge in [0.25, 0.3) is 5.91 Å². The van der Waals surface area contributed by atoms with E-state index in [1.54, 1.807) is 41.2 Å². The van der Waals surface area contributed by atoms with E-state index in [4.69, 9.17) is 29.4 Å². The van der Waals surface area contributed by atoms with Crippen LogP contribution in [0.5, 0.6) is 11.5 Å². The molecule has 7 rings (SSSR count). The average molecular weight is 818 g/mol. The van der Waals surface area contributed by atoms with E-state index >= 15 is 8.78 Å². The summed E-state index contributed by atoms with van der Waals surface area (Å²) in [4.78, 5) is 31.8. The number of nitrogens with one attached hydrogen (secondary N) is 1. The maximum absolute atomic E-state index is 15.9. The molecule has 3 aromatic carbocycles. The van der Waals surface area contributed by atoms with Crippen molar-refractivity contribution < 1.29 is 37.3 Å². The summed E-state index contributed by atoms with van der Waals surface area (Å²) in [5.41, 5.74) is 7.46. The van der Waals surface area contributed by atoms with E-state index in [9.17, 15) is 9.59 Å². The number of nitrogens with two attached hydrogens (primary N) is 1. The number of rotatable bonds is 11. The van der Waals surface area contributed by atoms with Gasteiger partial charge in [-0.25, -0.2) is 13.8 Å². The molecule has 14 heteroatoms. The van der Waals surface area contributed by atoms with Gasteiger partial charge in [-0.05, 0) is 72.9 Å². The molecule has 55 heavy (non-hydrogen) atoms. The number of aromatic nitrogens is 2. The standard InChI is InChI=1S/C41H39BrF2N4O7/c1-51-38-15-25(2-7-37(38)55-23-29-22-53-12-13-54-29)26-14-32(40(45)46-18-26)30-6-4-28(17-36(30)44)47-41(50)34-21-48(19-24-8-10-52-11-9-24)20-33(39(34)49)31-5-3-27(42)16-35(31)43/h2-7,14-18,20-21,24,29H,8-13,19,22-23H2,1H3,(H2,45,46)(H,47,50). The van der Waals surface area contributed by atoms with Crippen molar-refractivity contribution >= 4 is 33.3 Å². The van der Waals surface area contributed by atoms with E-state index in [-0.39, 0.29) is 45.8 Å². The van der Waals surface area contributed by atoms with Crippen molar-refractivity contribution in [2.75, 3.05) is 57.8 Å². The normalized spacial score (nSPS) is 16.1. The van der Waals surface area contributed by atoms with E-state index in [0.29, 0.717) is 73.3 Å². The molecule has 2 saturated heterocycles. The number of hydrogen-bond acceptors (Lipinski definition) is 9. The Kier molecular flexibility index (Phi) is 11.9. The van der Waals surface area contributed by atoms with Gasteiger partial charge in [0.2, 0.25) is 5.43 Å². The summed E-state index contributed by atoms with van der Waals surface area (Å²) in [6, 6.07) is 15.6. The Balaban J connectivity index is 1.13. The highest BCUT2D eigenvalue weighted by atomic mass is 79.9. The lowest BCUT2D eigenvalue weighted by molar-refractivity contribution is -0.101. The lowest BCUT2D eigenvalue weighted by Gasteiger charge is -2.23. The minimum atomic E-state index is -0.763. The van der Waals surface area contributed by atoms with E-state index in [1.807, 2.05) is 6.07 Å². The third-order valence-corrected chi connectivity index (χ3v) is 10.1. The van der Waals surface area contributed by atoms with Crippen LogP contribution in [0.25, 0.3) is 33.4 Å². The largest absolute Gasteiger partial charge is 0.493 e. The molecule has 2 fully saturated rings. The van der Waals surface area contributed by atoms with Crippen molar-refractivity contribution in [3.63, 3.8) is 0 Å². The van der Waals surface area contributed by atoms with Crippen molar-refractivity contribution in [1.29, 1.82) is 0 Å². The van der Waals surface area contributed by atoms with Crippen LogP contribution in [0.2, 0.25) is 0 Å². The van der Waals surface area contributed by atoms with Gasteiger partial charge in [-0.15, -0.1) is 0 Å². The summed E-state index contributed by atoms with van der Waals surface area (Å²) in [6.07, 6.45) is 6.06. The van der Waals surface area contributed by atoms with Crippen LogP contribution in [-0.2, 0) is 20.8 Å². The monoisotopic (exact) mass is 816 g/mol. The zero-order chi connectivity index (χ0) is 38.5. The van der Waals surface area contributed by atoms with Gasteiger partial charge in [-0.1, -0.05) is 28.1 Å². The van der Waals surface area contributed by atoms with Gasteiger partial charge in [-0.2, -0.15) is 0 Å². The van der Waals surface area contributed by atoms with Gasteiger partial charge in [-0.3, -0.25) is 9.59 Å². The number of hydrogen-bond donors (Lipinski definition) is 2. The molecule has 1 atom stereocenters. The summed E-state index contributed by atoms with van der Waals surface area (Å²) in [5, 5.41) is 2.65. The minimum absolute atomic E-state index is 0.0398. The van der Waals surface area contributed by atoms with Crippen LogP contribution in [0.3, 0.4) is 0 Å². The summed E-state index contributed by atoms with van der Waals surface area (Å²) in [7, 11) is 1.54. The number of ether oxygens (including phenoxy) is 5. The van der Waals surface area contributed by atoms with Crippen molar-refractivity contribution in [2.24, 2.45) is 5.92 Å². The number of amides is 1. The van der Waals surface area contributed by atoms with Crippen molar-refractivity contribution in [2.45, 2.75) is 25.5 Å². The number of benzene rings is 3. The highest BCUT2D eigenvalue weighted by Crippen LogP contribution is 2.36. The number of nitrogen functional groups attached to an aromatic ring is 1. The van der Waals surface area contributed by atoms with E-state index in [1.165, 1.54) is 37.6 Å². The van der Waals surface area contributed by atoms with Gasteiger partial charge in [0.15, 0.2) is 11.5 Å². The molecule has 0 bridgehead atoms. The third-order valence-electron chi connectivity index (χ3n) is 9.60. The van der Waals surface area contributed by atoms with Crippen LogP contribution in [-0.4, -0.2) is 68.3 Å². The zero-order valence-corrected chi connectivity index (χ0v) is 31.6. The lowest BCUT2D eigenvalue weighted by atomic mass is 9.99. The molecule has 3 N–H and O–H groups in total. The van der Waals surface area contributed by atoms with Gasteiger partial charge < -0.3 is 39.3 Å². The van der Waals surface area contributed by atoms with Crippen LogP contribution in [0.15, 0.2) is 88.5 Å². The first kappa shape index (κ1) is 38.1. The Morgan fingerprint density at radius 2 is 1.69 bits per heavy atom. The number of halogens is 3. The quantitative estimate of drug-likeness (QED) is 0.140. The van der Waals surface area contributed by atoms with Gasteiger partial charge in [0, 0.05) is 76.3 Å². The van der Waals surface area contributed by atoms with Gasteiger partial charge in [0.1, 0.15) is 35.7 Å². The van der Waals surface area contributed by atoms with Crippen molar-refractivity contribution in [3.8, 4) is 44.9 Å². The molecule has 2 aliphatic heterocycles. The molecule has 0 spiro atoms. The van der Waals surface area contributed by atoms with E-state index < -0.39 is 23.0 Å². The van der Waals surface area contributed by atoms with Crippen LogP contribution < -0.4 is 26.0 Å². The highest BCUT2D eigenvalue weighted by molar-refractivity contribution is 9.10. The number of carbonyl (C=O) groups is 1. The smallest absolute Gasteiger partial charge is 0.261 e. The second-order valence-corrected chi connectivity index (χ2v) is 14.3. The second-order valence-electron chi connectivity index (χ2n) is 13.3. The zero-order valence-electron chi connectivity index (χ0n) is 30.0. The first-order chi connectivity index (χ1) is 26.7. The van der Waals surface area contributed by atoms with Crippen LogP contribution in [0.4, 0.5) is 20.3 Å². The fraction of sp³-hybridized carbons (Fsp3) is 0.293. The Morgan fingerprint density at radius 3 is 2.44 bits per heavy atom. The predicted octanol–water partition coefficient (Wildman–Crippen LogP) is 7.35. The van der Waals surface area contributed by atoms with E-state index in [2.05, 4.69) is 26.2 Å². The minimum Gasteiger partial charge on any atom is -0.493 e. The summed E-state index contributed by atoms with van der Waals surface area (Å²) >= 11 is 3.25. The maximum atomic E-state index is 15.9. The molecule has 0 saturated carbocycles. The molecule has 4 heterocycles. The number of anilines is 2. The van der Waals surface area contributed by atoms with Gasteiger partial charge in [0.05, 0.1) is 26.9 Å². The molecule has 0 radical (unpaired) electrons. The lowest BCUT2D eigenvalue weighted by Crippen LogP contribution is -2.33. The first-order valence-electron chi connectivity index (χ1n) is 17.8. The van der Waals surface area contributed by atoms with Crippen LogP contribution >= 0.6 is 15.9 Å². The van der Waals surface area contributed by atoms with Crippen molar-refractivity contribution in [1.82, 2.24) is 9.55 Å². The molecular formula is C41H39BrF2N4O7. The topological polar surface area (TPSA) is 136 Å². The summed E-state index contributed by atoms with van der Waals surface area (Å²) in [6.45, 7) is 3.56. The molecular weight excluding hydrogens is 778 g/mol.